The number of rotatable bonds is 1. The molecule has 1 aliphatic rings. The van der Waals surface area contributed by atoms with E-state index >= 15 is 0 Å². The van der Waals surface area contributed by atoms with Gasteiger partial charge in [0.25, 0.3) is 0 Å². The Hall–Kier alpha value is 0.476. The maximum absolute atomic E-state index is 2.53. The van der Waals surface area contributed by atoms with Crippen molar-refractivity contribution in [2.75, 3.05) is 0 Å². The van der Waals surface area contributed by atoms with Crippen molar-refractivity contribution in [3.63, 3.8) is 0 Å². The van der Waals surface area contributed by atoms with Crippen molar-refractivity contribution in [3.05, 3.63) is 10.2 Å². The number of allylic oxidation sites excluding steroid dienone is 1. The molecule has 0 aromatic heterocycles. The normalized spacial score (nSPS) is 20.1. The van der Waals surface area contributed by atoms with Gasteiger partial charge in [0, 0.05) is 0 Å². The molecule has 0 saturated carbocycles. The van der Waals surface area contributed by atoms with E-state index in [1.54, 1.807) is 0 Å². The van der Waals surface area contributed by atoms with Crippen LogP contribution in [-0.4, -0.2) is 23.0 Å². The van der Waals surface area contributed by atoms with Crippen LogP contribution in [0.5, 0.6) is 0 Å². The fourth-order valence-electron chi connectivity index (χ4n) is 0.939. The summed E-state index contributed by atoms with van der Waals surface area (Å²) in [7, 11) is -0.847. The summed E-state index contributed by atoms with van der Waals surface area (Å²) in [6.45, 7) is 7.33. The third kappa shape index (κ3) is 1.96. The molecule has 1 rings (SSSR count). The Kier molecular flexibility index (Phi) is 2.20. The molecule has 0 nitrogen and oxygen atoms in total. The fraction of sp³-hybridized carbons (Fsp3) is 0.714. The zero-order chi connectivity index (χ0) is 6.91. The zero-order valence-electron chi connectivity index (χ0n) is 6.40. The third-order valence-corrected chi connectivity index (χ3v) is 6.34. The van der Waals surface area contributed by atoms with Crippen LogP contribution in [0.4, 0.5) is 0 Å². The van der Waals surface area contributed by atoms with Crippen molar-refractivity contribution < 1.29 is 0 Å². The van der Waals surface area contributed by atoms with E-state index in [0.717, 1.165) is 15.0 Å². The summed E-state index contributed by atoms with van der Waals surface area (Å²) in [6, 6.07) is 0. The molecule has 0 saturated heterocycles. The molecule has 0 unspecified atom stereocenters. The topological polar surface area (TPSA) is 0 Å². The van der Waals surface area contributed by atoms with Gasteiger partial charge < -0.3 is 0 Å². The first-order valence-corrected chi connectivity index (χ1v) is 9.12. The van der Waals surface area contributed by atoms with Gasteiger partial charge in [0.05, 0.1) is 0 Å². The van der Waals surface area contributed by atoms with Crippen molar-refractivity contribution in [3.8, 4) is 0 Å². The minimum atomic E-state index is -0.847. The minimum absolute atomic E-state index is 0.847. The SMILES string of the molecule is C[Si](C)(C)C1=C[Se]CC1. The Labute approximate surface area is 64.9 Å². The average molecular weight is 205 g/mol. The van der Waals surface area contributed by atoms with Crippen molar-refractivity contribution in [1.82, 2.24) is 0 Å². The van der Waals surface area contributed by atoms with Crippen LogP contribution in [0.15, 0.2) is 10.2 Å². The van der Waals surface area contributed by atoms with Gasteiger partial charge in [-0.1, -0.05) is 0 Å². The molecular formula is C7H14SeSi. The summed E-state index contributed by atoms with van der Waals surface area (Å²) in [6.07, 6.45) is 1.43. The number of hydrogen-bond acceptors (Lipinski definition) is 0. The first-order chi connectivity index (χ1) is 4.11. The predicted molar refractivity (Wildman–Crippen MR) is 46.6 cm³/mol. The first kappa shape index (κ1) is 7.58. The van der Waals surface area contributed by atoms with Crippen LogP contribution in [0.2, 0.25) is 25.0 Å². The summed E-state index contributed by atoms with van der Waals surface area (Å²) in [5.74, 6) is 0. The standard InChI is InChI=1S/C7H14SeSi/c1-9(2,3)7-4-5-8-6-7/h6H,4-5H2,1-3H3. The Morgan fingerprint density at radius 2 is 2.11 bits per heavy atom. The van der Waals surface area contributed by atoms with Gasteiger partial charge in [0.2, 0.25) is 0 Å². The molecule has 0 fully saturated rings. The second kappa shape index (κ2) is 2.61. The molecule has 0 radical (unpaired) electrons. The Morgan fingerprint density at radius 3 is 2.33 bits per heavy atom. The molecule has 1 aliphatic heterocycles. The van der Waals surface area contributed by atoms with E-state index in [4.69, 9.17) is 0 Å². The third-order valence-electron chi connectivity index (χ3n) is 1.68. The summed E-state index contributed by atoms with van der Waals surface area (Å²) in [5, 5.41) is 3.30. The Bertz CT molecular complexity index is 132. The Morgan fingerprint density at radius 1 is 1.44 bits per heavy atom. The molecule has 0 aliphatic carbocycles. The van der Waals surface area contributed by atoms with E-state index in [2.05, 4.69) is 24.6 Å². The van der Waals surface area contributed by atoms with Gasteiger partial charge in [-0.25, -0.2) is 0 Å². The molecular weight excluding hydrogens is 191 g/mol. The van der Waals surface area contributed by atoms with Crippen molar-refractivity contribution in [2.24, 2.45) is 0 Å². The molecule has 1 heterocycles. The fourth-order valence-corrected chi connectivity index (χ4v) is 6.86. The molecule has 0 bridgehead atoms. The van der Waals surface area contributed by atoms with Crippen LogP contribution in [0.1, 0.15) is 6.42 Å². The van der Waals surface area contributed by atoms with E-state index in [1.807, 2.05) is 5.20 Å². The van der Waals surface area contributed by atoms with Gasteiger partial charge in [-0.2, -0.15) is 0 Å². The Balaban J connectivity index is 2.61. The van der Waals surface area contributed by atoms with Gasteiger partial charge in [-0.05, 0) is 0 Å². The molecule has 0 N–H and O–H groups in total. The van der Waals surface area contributed by atoms with Crippen molar-refractivity contribution >= 4 is 23.0 Å². The van der Waals surface area contributed by atoms with Crippen LogP contribution in [0.25, 0.3) is 0 Å². The monoisotopic (exact) mass is 206 g/mol. The van der Waals surface area contributed by atoms with Crippen LogP contribution < -0.4 is 0 Å². The summed E-state index contributed by atoms with van der Waals surface area (Å²) in [4.78, 5) is 2.53. The van der Waals surface area contributed by atoms with Gasteiger partial charge in [-0.15, -0.1) is 0 Å². The van der Waals surface area contributed by atoms with E-state index < -0.39 is 8.07 Å². The molecule has 0 spiro atoms. The molecule has 0 atom stereocenters. The van der Waals surface area contributed by atoms with Gasteiger partial charge in [0.1, 0.15) is 0 Å². The van der Waals surface area contributed by atoms with Crippen LogP contribution in [-0.2, 0) is 0 Å². The second-order valence-electron chi connectivity index (χ2n) is 3.51. The zero-order valence-corrected chi connectivity index (χ0v) is 9.11. The van der Waals surface area contributed by atoms with E-state index in [1.165, 1.54) is 11.7 Å². The van der Waals surface area contributed by atoms with Crippen molar-refractivity contribution in [2.45, 2.75) is 31.4 Å². The molecule has 0 amide bonds. The quantitative estimate of drug-likeness (QED) is 0.576. The molecule has 0 aromatic rings. The van der Waals surface area contributed by atoms with E-state index in [9.17, 15) is 0 Å². The van der Waals surface area contributed by atoms with Gasteiger partial charge >= 0.3 is 64.6 Å². The molecule has 0 aromatic carbocycles. The van der Waals surface area contributed by atoms with Crippen LogP contribution >= 0.6 is 0 Å². The predicted octanol–water partition coefficient (Wildman–Crippen LogP) is 2.27. The molecule has 2 heteroatoms. The van der Waals surface area contributed by atoms with Crippen LogP contribution in [0.3, 0.4) is 0 Å². The summed E-state index contributed by atoms with van der Waals surface area (Å²) in [5.41, 5.74) is 0. The molecule has 52 valence electrons. The summed E-state index contributed by atoms with van der Waals surface area (Å²) >= 11 is 0.871. The maximum atomic E-state index is 2.53. The van der Waals surface area contributed by atoms with Crippen molar-refractivity contribution in [1.29, 1.82) is 0 Å². The second-order valence-corrected chi connectivity index (χ2v) is 10.7. The van der Waals surface area contributed by atoms with E-state index in [-0.39, 0.29) is 0 Å². The van der Waals surface area contributed by atoms with Gasteiger partial charge in [0.15, 0.2) is 0 Å². The number of hydrogen-bond donors (Lipinski definition) is 0. The molecule has 9 heavy (non-hydrogen) atoms. The summed E-state index contributed by atoms with van der Waals surface area (Å²) < 4.78 is 0. The average Bonchev–Trinajstić information content (AvgIpc) is 2.08. The first-order valence-electron chi connectivity index (χ1n) is 3.42. The van der Waals surface area contributed by atoms with Gasteiger partial charge in [-0.3, -0.25) is 0 Å². The van der Waals surface area contributed by atoms with E-state index in [0.29, 0.717) is 0 Å². The van der Waals surface area contributed by atoms with Crippen LogP contribution in [0, 0.1) is 0 Å².